The maximum absolute atomic E-state index is 13.8. The highest BCUT2D eigenvalue weighted by Crippen LogP contribution is 2.36. The smallest absolute Gasteiger partial charge is 0.267 e. The minimum absolute atomic E-state index is 0.111. The molecule has 1 aromatic heterocycles. The third-order valence-corrected chi connectivity index (χ3v) is 6.78. The molecule has 0 aliphatic carbocycles. The number of nitrogens with one attached hydrogen (secondary N) is 3. The number of nitrogens with zero attached hydrogens (tertiary/aromatic N) is 2. The zero-order chi connectivity index (χ0) is 23.9. The molecule has 3 heterocycles. The van der Waals surface area contributed by atoms with Gasteiger partial charge in [0.1, 0.15) is 17.1 Å². The first kappa shape index (κ1) is 22.3. The summed E-state index contributed by atoms with van der Waals surface area (Å²) in [5, 5.41) is 6.33. The minimum Gasteiger partial charge on any atom is -0.351 e. The summed E-state index contributed by atoms with van der Waals surface area (Å²) in [6.07, 6.45) is 1.05. The molecule has 34 heavy (non-hydrogen) atoms. The highest BCUT2D eigenvalue weighted by Gasteiger charge is 2.50. The lowest BCUT2D eigenvalue weighted by atomic mass is 9.85. The Labute approximate surface area is 193 Å². The molecule has 2 aliphatic heterocycles. The fraction of sp³-hybridized carbons (Fsp3) is 0.333. The molecule has 10 heteroatoms. The highest BCUT2D eigenvalue weighted by atomic mass is 19.2. The van der Waals surface area contributed by atoms with E-state index in [-0.39, 0.29) is 24.3 Å². The number of anilines is 1. The number of carbonyl (C=O) groups excluding carboxylic acids is 2. The Kier molecular flexibility index (Phi) is 5.68. The van der Waals surface area contributed by atoms with Gasteiger partial charge in [-0.1, -0.05) is 0 Å². The van der Waals surface area contributed by atoms with Gasteiger partial charge in [-0.05, 0) is 49.2 Å². The van der Waals surface area contributed by atoms with Gasteiger partial charge in [0.2, 0.25) is 5.91 Å². The molecule has 1 spiro atoms. The van der Waals surface area contributed by atoms with Crippen LogP contribution in [-0.4, -0.2) is 60.1 Å². The first-order valence-electron chi connectivity index (χ1n) is 11.2. The summed E-state index contributed by atoms with van der Waals surface area (Å²) in [7, 11) is 0. The molecule has 3 N–H and O–H groups in total. The molecular weight excluding hydrogens is 447 g/mol. The molecule has 2 aliphatic rings. The number of aromatic nitrogens is 1. The van der Waals surface area contributed by atoms with Crippen LogP contribution in [-0.2, 0) is 4.79 Å². The zero-order valence-electron chi connectivity index (χ0n) is 18.3. The Bertz CT molecular complexity index is 1250. The van der Waals surface area contributed by atoms with Crippen LogP contribution in [0.5, 0.6) is 0 Å². The number of piperidine rings is 1. The quantitative estimate of drug-likeness (QED) is 0.535. The Hall–Kier alpha value is -3.53. The molecule has 3 aromatic rings. The predicted molar refractivity (Wildman–Crippen MR) is 121 cm³/mol. The van der Waals surface area contributed by atoms with Crippen LogP contribution < -0.4 is 15.5 Å². The molecule has 2 fully saturated rings. The van der Waals surface area contributed by atoms with Crippen LogP contribution in [0.1, 0.15) is 23.3 Å². The van der Waals surface area contributed by atoms with Gasteiger partial charge in [0.15, 0.2) is 11.6 Å². The molecule has 0 unspecified atom stereocenters. The van der Waals surface area contributed by atoms with Crippen molar-refractivity contribution in [2.75, 3.05) is 37.7 Å². The third kappa shape index (κ3) is 3.98. The molecule has 7 nitrogen and oxygen atoms in total. The van der Waals surface area contributed by atoms with Gasteiger partial charge in [-0.15, -0.1) is 0 Å². The maximum Gasteiger partial charge on any atom is 0.267 e. The molecule has 0 saturated carbocycles. The van der Waals surface area contributed by atoms with Crippen molar-refractivity contribution in [2.24, 2.45) is 0 Å². The first-order chi connectivity index (χ1) is 16.4. The third-order valence-electron chi connectivity index (χ3n) is 6.78. The molecule has 2 saturated heterocycles. The van der Waals surface area contributed by atoms with E-state index < -0.39 is 17.2 Å². The molecule has 178 valence electrons. The van der Waals surface area contributed by atoms with E-state index in [9.17, 15) is 22.8 Å². The van der Waals surface area contributed by atoms with Crippen molar-refractivity contribution in [3.05, 3.63) is 65.6 Å². The average molecular weight is 471 g/mol. The number of hydrogen-bond acceptors (Lipinski definition) is 4. The standard InChI is InChI=1S/C24H24F3N5O2/c25-16-1-4-20-15(11-16)12-21(30-20)22(33)28-7-10-31-8-5-24(6-9-31)23(34)29-14-32(24)17-2-3-18(26)19(27)13-17/h1-4,11-13,30H,5-10,14H2,(H,28,33)(H,29,34). The summed E-state index contributed by atoms with van der Waals surface area (Å²) in [5.41, 5.74) is 0.719. The molecular formula is C24H24F3N5O2. The number of likely N-dealkylation sites (tertiary alicyclic amines) is 1. The Morgan fingerprint density at radius 1 is 1.03 bits per heavy atom. The number of hydrogen-bond donors (Lipinski definition) is 3. The Morgan fingerprint density at radius 2 is 1.82 bits per heavy atom. The van der Waals surface area contributed by atoms with E-state index in [1.807, 2.05) is 4.90 Å². The zero-order valence-corrected chi connectivity index (χ0v) is 18.3. The van der Waals surface area contributed by atoms with Gasteiger partial charge < -0.3 is 25.4 Å². The van der Waals surface area contributed by atoms with Crippen LogP contribution in [0.25, 0.3) is 10.9 Å². The number of amides is 2. The van der Waals surface area contributed by atoms with Crippen LogP contribution in [0.2, 0.25) is 0 Å². The van der Waals surface area contributed by atoms with E-state index in [0.29, 0.717) is 61.3 Å². The van der Waals surface area contributed by atoms with Crippen molar-refractivity contribution in [1.82, 2.24) is 20.5 Å². The minimum atomic E-state index is -0.944. The maximum atomic E-state index is 13.8. The molecule has 2 amide bonds. The SMILES string of the molecule is O=C(NCCN1CCC2(CC1)C(=O)NCN2c1ccc(F)c(F)c1)c1cc2cc(F)ccc2[nH]1. The lowest BCUT2D eigenvalue weighted by molar-refractivity contribution is -0.125. The van der Waals surface area contributed by atoms with Gasteiger partial charge in [-0.2, -0.15) is 0 Å². The highest BCUT2D eigenvalue weighted by molar-refractivity contribution is 5.98. The van der Waals surface area contributed by atoms with Crippen LogP contribution in [0.4, 0.5) is 18.9 Å². The van der Waals surface area contributed by atoms with E-state index in [2.05, 4.69) is 20.5 Å². The second-order valence-corrected chi connectivity index (χ2v) is 8.73. The normalized spacial score (nSPS) is 18.0. The van der Waals surface area contributed by atoms with Crippen LogP contribution in [0.3, 0.4) is 0 Å². The number of fused-ring (bicyclic) bond motifs is 1. The van der Waals surface area contributed by atoms with Crippen molar-refractivity contribution >= 4 is 28.4 Å². The van der Waals surface area contributed by atoms with Gasteiger partial charge in [-0.3, -0.25) is 9.59 Å². The Balaban J connectivity index is 1.17. The fourth-order valence-electron chi connectivity index (χ4n) is 4.87. The largest absolute Gasteiger partial charge is 0.351 e. The van der Waals surface area contributed by atoms with Crippen molar-refractivity contribution in [3.8, 4) is 0 Å². The summed E-state index contributed by atoms with van der Waals surface area (Å²) in [6.45, 7) is 2.50. The van der Waals surface area contributed by atoms with E-state index in [1.54, 1.807) is 12.1 Å². The van der Waals surface area contributed by atoms with Gasteiger partial charge in [0.05, 0.1) is 6.67 Å². The lowest BCUT2D eigenvalue weighted by Crippen LogP contribution is -2.57. The fourth-order valence-corrected chi connectivity index (χ4v) is 4.87. The van der Waals surface area contributed by atoms with Gasteiger partial charge in [0.25, 0.3) is 5.91 Å². The van der Waals surface area contributed by atoms with Gasteiger partial charge >= 0.3 is 0 Å². The number of H-pyrrole nitrogens is 1. The first-order valence-corrected chi connectivity index (χ1v) is 11.2. The van der Waals surface area contributed by atoms with Crippen molar-refractivity contribution in [3.63, 3.8) is 0 Å². The molecule has 0 radical (unpaired) electrons. The Morgan fingerprint density at radius 3 is 2.59 bits per heavy atom. The number of carbonyl (C=O) groups is 2. The number of rotatable bonds is 5. The van der Waals surface area contributed by atoms with E-state index in [0.717, 1.165) is 12.1 Å². The number of benzene rings is 2. The summed E-state index contributed by atoms with van der Waals surface area (Å²) in [5.74, 6) is -2.61. The summed E-state index contributed by atoms with van der Waals surface area (Å²) >= 11 is 0. The van der Waals surface area contributed by atoms with E-state index in [1.165, 1.54) is 18.2 Å². The average Bonchev–Trinajstić information content (AvgIpc) is 3.38. The van der Waals surface area contributed by atoms with Crippen LogP contribution in [0, 0.1) is 17.5 Å². The summed E-state index contributed by atoms with van der Waals surface area (Å²) < 4.78 is 40.5. The topological polar surface area (TPSA) is 80.5 Å². The molecule has 5 rings (SSSR count). The number of halogens is 3. The monoisotopic (exact) mass is 471 g/mol. The van der Waals surface area contributed by atoms with Gasteiger partial charge in [0, 0.05) is 48.8 Å². The van der Waals surface area contributed by atoms with Crippen LogP contribution in [0.15, 0.2) is 42.5 Å². The molecule has 0 bridgehead atoms. The lowest BCUT2D eigenvalue weighted by Gasteiger charge is -2.43. The summed E-state index contributed by atoms with van der Waals surface area (Å²) in [6, 6.07) is 9.59. The number of aromatic amines is 1. The van der Waals surface area contributed by atoms with Crippen molar-refractivity contribution < 1.29 is 22.8 Å². The second-order valence-electron chi connectivity index (χ2n) is 8.73. The van der Waals surface area contributed by atoms with Crippen molar-refractivity contribution in [1.29, 1.82) is 0 Å². The van der Waals surface area contributed by atoms with E-state index >= 15 is 0 Å². The summed E-state index contributed by atoms with van der Waals surface area (Å²) in [4.78, 5) is 32.1. The van der Waals surface area contributed by atoms with Gasteiger partial charge in [-0.25, -0.2) is 13.2 Å². The van der Waals surface area contributed by atoms with Crippen LogP contribution >= 0.6 is 0 Å². The molecule has 0 atom stereocenters. The molecule has 2 aromatic carbocycles. The predicted octanol–water partition coefficient (Wildman–Crippen LogP) is 2.74. The van der Waals surface area contributed by atoms with Crippen molar-refractivity contribution in [2.45, 2.75) is 18.4 Å². The van der Waals surface area contributed by atoms with E-state index in [4.69, 9.17) is 0 Å². The second kappa shape index (κ2) is 8.68.